The molecular formula is C13H16N2. The largest absolute Gasteiger partial charge is 0.370 e. The Kier molecular flexibility index (Phi) is 2.86. The SMILES string of the molecule is CCNc1nccc2c(CC)cccc12. The van der Waals surface area contributed by atoms with Gasteiger partial charge in [-0.2, -0.15) is 0 Å². The van der Waals surface area contributed by atoms with Crippen LogP contribution < -0.4 is 5.32 Å². The zero-order valence-electron chi connectivity index (χ0n) is 9.25. The van der Waals surface area contributed by atoms with Crippen molar-refractivity contribution in [3.63, 3.8) is 0 Å². The first kappa shape index (κ1) is 9.97. The number of benzene rings is 1. The van der Waals surface area contributed by atoms with Crippen molar-refractivity contribution in [2.24, 2.45) is 0 Å². The highest BCUT2D eigenvalue weighted by Crippen LogP contribution is 2.24. The van der Waals surface area contributed by atoms with E-state index < -0.39 is 0 Å². The summed E-state index contributed by atoms with van der Waals surface area (Å²) in [5.74, 6) is 0.991. The van der Waals surface area contributed by atoms with Crippen LogP contribution in [0, 0.1) is 0 Å². The number of aromatic nitrogens is 1. The monoisotopic (exact) mass is 200 g/mol. The van der Waals surface area contributed by atoms with Gasteiger partial charge in [-0.1, -0.05) is 25.1 Å². The number of aryl methyl sites for hydroxylation is 1. The highest BCUT2D eigenvalue weighted by molar-refractivity contribution is 5.93. The molecule has 0 fully saturated rings. The third kappa shape index (κ3) is 1.80. The second-order valence-electron chi connectivity index (χ2n) is 3.56. The smallest absolute Gasteiger partial charge is 0.133 e. The third-order valence-corrected chi connectivity index (χ3v) is 2.62. The fourth-order valence-corrected chi connectivity index (χ4v) is 1.89. The molecule has 1 heterocycles. The summed E-state index contributed by atoms with van der Waals surface area (Å²) in [6.45, 7) is 5.18. The molecule has 0 unspecified atom stereocenters. The molecule has 0 saturated carbocycles. The van der Waals surface area contributed by atoms with Crippen LogP contribution in [0.4, 0.5) is 5.82 Å². The minimum atomic E-state index is 0.905. The van der Waals surface area contributed by atoms with Crippen LogP contribution in [0.15, 0.2) is 30.5 Å². The van der Waals surface area contributed by atoms with Crippen LogP contribution in [0.2, 0.25) is 0 Å². The van der Waals surface area contributed by atoms with E-state index in [0.717, 1.165) is 18.8 Å². The molecule has 0 amide bonds. The number of rotatable bonds is 3. The number of pyridine rings is 1. The van der Waals surface area contributed by atoms with Crippen molar-refractivity contribution in [3.05, 3.63) is 36.0 Å². The van der Waals surface area contributed by atoms with Gasteiger partial charge in [-0.3, -0.25) is 0 Å². The molecule has 0 bridgehead atoms. The number of nitrogens with one attached hydrogen (secondary N) is 1. The van der Waals surface area contributed by atoms with Crippen molar-refractivity contribution in [2.75, 3.05) is 11.9 Å². The van der Waals surface area contributed by atoms with Gasteiger partial charge in [0.15, 0.2) is 0 Å². The van der Waals surface area contributed by atoms with Crippen LogP contribution >= 0.6 is 0 Å². The van der Waals surface area contributed by atoms with E-state index in [2.05, 4.69) is 48.4 Å². The Morgan fingerprint density at radius 1 is 1.13 bits per heavy atom. The summed E-state index contributed by atoms with van der Waals surface area (Å²) < 4.78 is 0. The molecule has 0 aliphatic carbocycles. The Balaban J connectivity index is 2.65. The second-order valence-corrected chi connectivity index (χ2v) is 3.56. The van der Waals surface area contributed by atoms with Crippen LogP contribution in [0.25, 0.3) is 10.8 Å². The summed E-state index contributed by atoms with van der Waals surface area (Å²) in [6, 6.07) is 8.50. The van der Waals surface area contributed by atoms with Crippen LogP contribution in [-0.4, -0.2) is 11.5 Å². The molecule has 1 aromatic carbocycles. The molecule has 0 aliphatic heterocycles. The molecule has 0 radical (unpaired) electrons. The predicted octanol–water partition coefficient (Wildman–Crippen LogP) is 3.23. The maximum atomic E-state index is 4.36. The lowest BCUT2D eigenvalue weighted by molar-refractivity contribution is 1.15. The average Bonchev–Trinajstić information content (AvgIpc) is 2.29. The van der Waals surface area contributed by atoms with Crippen LogP contribution in [-0.2, 0) is 6.42 Å². The lowest BCUT2D eigenvalue weighted by Gasteiger charge is -2.08. The highest BCUT2D eigenvalue weighted by atomic mass is 15.0. The Labute approximate surface area is 90.3 Å². The first-order valence-corrected chi connectivity index (χ1v) is 5.47. The number of nitrogens with zero attached hydrogens (tertiary/aromatic N) is 1. The van der Waals surface area contributed by atoms with Gasteiger partial charge < -0.3 is 5.32 Å². The number of hydrogen-bond donors (Lipinski definition) is 1. The number of hydrogen-bond acceptors (Lipinski definition) is 2. The molecule has 0 saturated heterocycles. The Morgan fingerprint density at radius 2 is 2.00 bits per heavy atom. The van der Waals surface area contributed by atoms with E-state index in [0.29, 0.717) is 0 Å². The van der Waals surface area contributed by atoms with Crippen molar-refractivity contribution in [2.45, 2.75) is 20.3 Å². The van der Waals surface area contributed by atoms with Crippen molar-refractivity contribution >= 4 is 16.6 Å². The normalized spacial score (nSPS) is 10.5. The highest BCUT2D eigenvalue weighted by Gasteiger charge is 2.03. The topological polar surface area (TPSA) is 24.9 Å². The van der Waals surface area contributed by atoms with Crippen molar-refractivity contribution in [3.8, 4) is 0 Å². The fourth-order valence-electron chi connectivity index (χ4n) is 1.89. The third-order valence-electron chi connectivity index (χ3n) is 2.62. The molecular weight excluding hydrogens is 184 g/mol. The first-order valence-electron chi connectivity index (χ1n) is 5.47. The van der Waals surface area contributed by atoms with Gasteiger partial charge in [0.1, 0.15) is 5.82 Å². The fraction of sp³-hybridized carbons (Fsp3) is 0.308. The van der Waals surface area contributed by atoms with Crippen LogP contribution in [0.3, 0.4) is 0 Å². The molecule has 1 aromatic heterocycles. The van der Waals surface area contributed by atoms with Crippen molar-refractivity contribution < 1.29 is 0 Å². The Bertz CT molecular complexity index is 463. The second kappa shape index (κ2) is 4.30. The number of fused-ring (bicyclic) bond motifs is 1. The zero-order valence-corrected chi connectivity index (χ0v) is 9.25. The predicted molar refractivity (Wildman–Crippen MR) is 65.3 cm³/mol. The quantitative estimate of drug-likeness (QED) is 0.822. The number of anilines is 1. The van der Waals surface area contributed by atoms with Crippen molar-refractivity contribution in [1.29, 1.82) is 0 Å². The summed E-state index contributed by atoms with van der Waals surface area (Å²) in [7, 11) is 0. The van der Waals surface area contributed by atoms with Gasteiger partial charge in [0.2, 0.25) is 0 Å². The Hall–Kier alpha value is -1.57. The van der Waals surface area contributed by atoms with E-state index in [9.17, 15) is 0 Å². The first-order chi connectivity index (χ1) is 7.36. The molecule has 2 nitrogen and oxygen atoms in total. The molecule has 0 atom stereocenters. The molecule has 1 N–H and O–H groups in total. The maximum absolute atomic E-state index is 4.36. The van der Waals surface area contributed by atoms with Gasteiger partial charge in [0.05, 0.1) is 0 Å². The van der Waals surface area contributed by atoms with Gasteiger partial charge >= 0.3 is 0 Å². The van der Waals surface area contributed by atoms with Gasteiger partial charge in [0.25, 0.3) is 0 Å². The van der Waals surface area contributed by atoms with Gasteiger partial charge in [-0.05, 0) is 30.4 Å². The minimum absolute atomic E-state index is 0.905. The summed E-state index contributed by atoms with van der Waals surface area (Å²) in [5, 5.41) is 5.82. The maximum Gasteiger partial charge on any atom is 0.133 e. The Morgan fingerprint density at radius 3 is 2.73 bits per heavy atom. The van der Waals surface area contributed by atoms with E-state index in [1.165, 1.54) is 16.3 Å². The molecule has 0 aliphatic rings. The summed E-state index contributed by atoms with van der Waals surface area (Å²) >= 11 is 0. The summed E-state index contributed by atoms with van der Waals surface area (Å²) in [4.78, 5) is 4.36. The molecule has 15 heavy (non-hydrogen) atoms. The van der Waals surface area contributed by atoms with Gasteiger partial charge in [0, 0.05) is 18.1 Å². The summed E-state index contributed by atoms with van der Waals surface area (Å²) in [6.07, 6.45) is 2.94. The van der Waals surface area contributed by atoms with E-state index in [4.69, 9.17) is 0 Å². The van der Waals surface area contributed by atoms with Gasteiger partial charge in [-0.15, -0.1) is 0 Å². The lowest BCUT2D eigenvalue weighted by Crippen LogP contribution is -2.00. The lowest BCUT2D eigenvalue weighted by atomic mass is 10.0. The summed E-state index contributed by atoms with van der Waals surface area (Å²) in [5.41, 5.74) is 1.38. The van der Waals surface area contributed by atoms with E-state index >= 15 is 0 Å². The van der Waals surface area contributed by atoms with E-state index in [1.807, 2.05) is 6.20 Å². The molecule has 2 aromatic rings. The van der Waals surface area contributed by atoms with Crippen LogP contribution in [0.5, 0.6) is 0 Å². The average molecular weight is 200 g/mol. The van der Waals surface area contributed by atoms with E-state index in [1.54, 1.807) is 0 Å². The van der Waals surface area contributed by atoms with Crippen LogP contribution in [0.1, 0.15) is 19.4 Å². The van der Waals surface area contributed by atoms with E-state index in [-0.39, 0.29) is 0 Å². The molecule has 78 valence electrons. The zero-order chi connectivity index (χ0) is 10.7. The minimum Gasteiger partial charge on any atom is -0.370 e. The van der Waals surface area contributed by atoms with Gasteiger partial charge in [-0.25, -0.2) is 4.98 Å². The molecule has 2 heteroatoms. The van der Waals surface area contributed by atoms with Crippen molar-refractivity contribution in [1.82, 2.24) is 4.98 Å². The molecule has 0 spiro atoms. The molecule has 2 rings (SSSR count). The standard InChI is InChI=1S/C13H16N2/c1-3-10-6-5-7-12-11(10)8-9-15-13(12)14-4-2/h5-9H,3-4H2,1-2H3,(H,14,15).